The van der Waals surface area contributed by atoms with Crippen LogP contribution in [0.3, 0.4) is 0 Å². The summed E-state index contributed by atoms with van der Waals surface area (Å²) in [5.41, 5.74) is 9.84. The van der Waals surface area contributed by atoms with Gasteiger partial charge in [-0.05, 0) is 43.2 Å². The summed E-state index contributed by atoms with van der Waals surface area (Å²) in [6.07, 6.45) is 1.90. The van der Waals surface area contributed by atoms with Crippen LogP contribution in [0.2, 0.25) is 0 Å². The molecule has 1 heterocycles. The predicted octanol–water partition coefficient (Wildman–Crippen LogP) is 4.71. The molecular weight excluding hydrogens is 304 g/mol. The lowest BCUT2D eigenvalue weighted by molar-refractivity contribution is 0.311. The van der Waals surface area contributed by atoms with Crippen LogP contribution in [0.4, 0.5) is 5.69 Å². The average Bonchev–Trinajstić information content (AvgIpc) is 3.01. The summed E-state index contributed by atoms with van der Waals surface area (Å²) in [6.45, 7) is 2.78. The van der Waals surface area contributed by atoms with Gasteiger partial charge in [-0.1, -0.05) is 24.3 Å². The lowest BCUT2D eigenvalue weighted by atomic mass is 10.1. The number of anilines is 1. The monoisotopic (exact) mass is 324 g/mol. The molecule has 0 saturated heterocycles. The lowest BCUT2D eigenvalue weighted by Crippen LogP contribution is -1.99. The Hall–Kier alpha value is -2.33. The summed E-state index contributed by atoms with van der Waals surface area (Å²) < 4.78 is 5.78. The minimum Gasteiger partial charge on any atom is -0.494 e. The van der Waals surface area contributed by atoms with Crippen molar-refractivity contribution in [3.63, 3.8) is 0 Å². The predicted molar refractivity (Wildman–Crippen MR) is 97.0 cm³/mol. The highest BCUT2D eigenvalue weighted by Gasteiger charge is 2.05. The molecule has 3 rings (SSSR count). The Kier molecular flexibility index (Phi) is 4.93. The van der Waals surface area contributed by atoms with E-state index in [0.29, 0.717) is 6.61 Å². The number of thiazole rings is 1. The number of aryl methyl sites for hydroxylation is 2. The van der Waals surface area contributed by atoms with Gasteiger partial charge in [0.25, 0.3) is 0 Å². The molecule has 0 fully saturated rings. The third-order valence-corrected chi connectivity index (χ3v) is 4.46. The second kappa shape index (κ2) is 7.29. The maximum atomic E-state index is 5.78. The van der Waals surface area contributed by atoms with Gasteiger partial charge in [0.1, 0.15) is 5.75 Å². The van der Waals surface area contributed by atoms with E-state index in [9.17, 15) is 0 Å². The Morgan fingerprint density at radius 1 is 1.13 bits per heavy atom. The quantitative estimate of drug-likeness (QED) is 0.527. The van der Waals surface area contributed by atoms with Crippen molar-refractivity contribution in [3.8, 4) is 17.0 Å². The number of aromatic nitrogens is 1. The highest BCUT2D eigenvalue weighted by Crippen LogP contribution is 2.23. The van der Waals surface area contributed by atoms with Gasteiger partial charge in [0.2, 0.25) is 0 Å². The molecule has 0 bridgehead atoms. The second-order valence-electron chi connectivity index (χ2n) is 5.52. The van der Waals surface area contributed by atoms with Gasteiger partial charge in [0.05, 0.1) is 17.3 Å². The topological polar surface area (TPSA) is 48.1 Å². The van der Waals surface area contributed by atoms with Crippen LogP contribution in [0.15, 0.2) is 53.9 Å². The van der Waals surface area contributed by atoms with E-state index in [4.69, 9.17) is 15.5 Å². The zero-order chi connectivity index (χ0) is 16.1. The third-order valence-electron chi connectivity index (χ3n) is 3.55. The van der Waals surface area contributed by atoms with E-state index in [0.717, 1.165) is 40.5 Å². The number of nitrogens with zero attached hydrogens (tertiary/aromatic N) is 1. The van der Waals surface area contributed by atoms with Gasteiger partial charge in [0.15, 0.2) is 0 Å². The van der Waals surface area contributed by atoms with Gasteiger partial charge in [-0.3, -0.25) is 0 Å². The van der Waals surface area contributed by atoms with Crippen LogP contribution in [0, 0.1) is 6.92 Å². The molecule has 0 aliphatic rings. The molecule has 0 aliphatic heterocycles. The maximum Gasteiger partial charge on any atom is 0.119 e. The zero-order valence-corrected chi connectivity index (χ0v) is 14.0. The van der Waals surface area contributed by atoms with Crippen LogP contribution in [-0.2, 0) is 6.42 Å². The fourth-order valence-electron chi connectivity index (χ4n) is 2.33. The summed E-state index contributed by atoms with van der Waals surface area (Å²) >= 11 is 1.70. The molecule has 0 unspecified atom stereocenters. The second-order valence-corrected chi connectivity index (χ2v) is 6.46. The molecule has 0 aliphatic carbocycles. The highest BCUT2D eigenvalue weighted by molar-refractivity contribution is 7.09. The Morgan fingerprint density at radius 2 is 1.96 bits per heavy atom. The van der Waals surface area contributed by atoms with Crippen LogP contribution in [0.5, 0.6) is 5.75 Å². The van der Waals surface area contributed by atoms with Gasteiger partial charge in [-0.15, -0.1) is 11.3 Å². The number of benzene rings is 2. The fourth-order valence-corrected chi connectivity index (χ4v) is 3.18. The molecule has 118 valence electrons. The van der Waals surface area contributed by atoms with Crippen LogP contribution in [0.1, 0.15) is 17.0 Å². The molecule has 4 heteroatoms. The molecule has 0 saturated carbocycles. The minimum absolute atomic E-state index is 0.709. The largest absolute Gasteiger partial charge is 0.494 e. The van der Waals surface area contributed by atoms with Crippen LogP contribution in [-0.4, -0.2) is 11.6 Å². The van der Waals surface area contributed by atoms with Gasteiger partial charge in [-0.25, -0.2) is 4.98 Å². The van der Waals surface area contributed by atoms with E-state index in [2.05, 4.69) is 24.4 Å². The molecule has 0 atom stereocenters. The van der Waals surface area contributed by atoms with Crippen molar-refractivity contribution in [2.45, 2.75) is 19.8 Å². The number of rotatable bonds is 6. The van der Waals surface area contributed by atoms with E-state index < -0.39 is 0 Å². The zero-order valence-electron chi connectivity index (χ0n) is 13.2. The molecule has 2 N–H and O–H groups in total. The summed E-state index contributed by atoms with van der Waals surface area (Å²) in [5.74, 6) is 0.937. The number of nitrogen functional groups attached to an aromatic ring is 1. The Balaban J connectivity index is 1.50. The lowest BCUT2D eigenvalue weighted by Gasteiger charge is -2.05. The molecule has 0 radical (unpaired) electrons. The summed E-state index contributed by atoms with van der Waals surface area (Å²) in [7, 11) is 0. The smallest absolute Gasteiger partial charge is 0.119 e. The first-order valence-electron chi connectivity index (χ1n) is 7.70. The van der Waals surface area contributed by atoms with E-state index in [1.54, 1.807) is 11.3 Å². The van der Waals surface area contributed by atoms with Crippen LogP contribution < -0.4 is 10.5 Å². The molecule has 0 spiro atoms. The number of hydrogen-bond acceptors (Lipinski definition) is 4. The SMILES string of the molecule is Cc1cccc(OCCCc2nc(-c3ccc(N)cc3)cs2)c1. The summed E-state index contributed by atoms with van der Waals surface area (Å²) in [5, 5.41) is 3.24. The van der Waals surface area contributed by atoms with Crippen molar-refractivity contribution in [1.82, 2.24) is 4.98 Å². The first-order chi connectivity index (χ1) is 11.2. The van der Waals surface area contributed by atoms with Crippen molar-refractivity contribution in [3.05, 3.63) is 64.5 Å². The summed E-state index contributed by atoms with van der Waals surface area (Å²) in [6, 6.07) is 16.0. The first-order valence-corrected chi connectivity index (χ1v) is 8.58. The Morgan fingerprint density at radius 3 is 2.74 bits per heavy atom. The van der Waals surface area contributed by atoms with Crippen molar-refractivity contribution >= 4 is 17.0 Å². The Bertz CT molecular complexity index is 765. The van der Waals surface area contributed by atoms with Crippen molar-refractivity contribution in [2.24, 2.45) is 0 Å². The molecular formula is C19H20N2OS. The highest BCUT2D eigenvalue weighted by atomic mass is 32.1. The van der Waals surface area contributed by atoms with Gasteiger partial charge < -0.3 is 10.5 Å². The number of ether oxygens (including phenoxy) is 1. The first kappa shape index (κ1) is 15.6. The molecule has 2 aromatic carbocycles. The molecule has 3 aromatic rings. The standard InChI is InChI=1S/C19H20N2OS/c1-14-4-2-5-17(12-14)22-11-3-6-19-21-18(13-23-19)15-7-9-16(20)10-8-15/h2,4-5,7-10,12-13H,3,6,11,20H2,1H3. The van der Waals surface area contributed by atoms with Crippen LogP contribution in [0.25, 0.3) is 11.3 Å². The van der Waals surface area contributed by atoms with Gasteiger partial charge >= 0.3 is 0 Å². The van der Waals surface area contributed by atoms with Crippen molar-refractivity contribution in [2.75, 3.05) is 12.3 Å². The molecule has 23 heavy (non-hydrogen) atoms. The fraction of sp³-hybridized carbons (Fsp3) is 0.211. The Labute approximate surface area is 140 Å². The normalized spacial score (nSPS) is 10.7. The van der Waals surface area contributed by atoms with E-state index in [-0.39, 0.29) is 0 Å². The van der Waals surface area contributed by atoms with Crippen LogP contribution >= 0.6 is 11.3 Å². The van der Waals surface area contributed by atoms with Crippen molar-refractivity contribution in [1.29, 1.82) is 0 Å². The van der Waals surface area contributed by atoms with Gasteiger partial charge in [-0.2, -0.15) is 0 Å². The molecule has 1 aromatic heterocycles. The number of nitrogens with two attached hydrogens (primary N) is 1. The van der Waals surface area contributed by atoms with Gasteiger partial charge in [0, 0.05) is 23.1 Å². The summed E-state index contributed by atoms with van der Waals surface area (Å²) in [4.78, 5) is 4.69. The van der Waals surface area contributed by atoms with E-state index >= 15 is 0 Å². The van der Waals surface area contributed by atoms with E-state index in [1.807, 2.05) is 36.4 Å². The number of hydrogen-bond donors (Lipinski definition) is 1. The van der Waals surface area contributed by atoms with E-state index in [1.165, 1.54) is 5.56 Å². The minimum atomic E-state index is 0.709. The molecule has 0 amide bonds. The van der Waals surface area contributed by atoms with Crippen molar-refractivity contribution < 1.29 is 4.74 Å². The molecule has 3 nitrogen and oxygen atoms in total. The maximum absolute atomic E-state index is 5.78. The average molecular weight is 324 g/mol. The third kappa shape index (κ3) is 4.33.